The van der Waals surface area contributed by atoms with Gasteiger partial charge in [-0.2, -0.15) is 0 Å². The van der Waals surface area contributed by atoms with Crippen molar-refractivity contribution in [3.05, 3.63) is 11.6 Å². The van der Waals surface area contributed by atoms with Crippen LogP contribution >= 0.6 is 0 Å². The van der Waals surface area contributed by atoms with E-state index < -0.39 is 0 Å². The summed E-state index contributed by atoms with van der Waals surface area (Å²) in [6, 6.07) is 0. The van der Waals surface area contributed by atoms with Gasteiger partial charge >= 0.3 is 0 Å². The molecule has 0 N–H and O–H groups in total. The van der Waals surface area contributed by atoms with Crippen molar-refractivity contribution in [1.29, 1.82) is 0 Å². The summed E-state index contributed by atoms with van der Waals surface area (Å²) >= 11 is 0. The third kappa shape index (κ3) is 0.661. The Morgan fingerprint density at radius 3 is 1.60 bits per heavy atom. The Bertz CT molecular complexity index is 235. The lowest BCUT2D eigenvalue weighted by atomic mass is 10.7. The fourth-order valence-electron chi connectivity index (χ4n) is 0.579. The first kappa shape index (κ1) is 5.10. The maximum Gasteiger partial charge on any atom is 0.223 e. The van der Waals surface area contributed by atoms with Crippen LogP contribution in [0.2, 0.25) is 0 Å². The normalized spacial score (nSPS) is 27.2. The molecule has 6 nitrogen and oxygen atoms in total. The average molecular weight is 134 g/mol. The molecule has 0 atom stereocenters. The van der Waals surface area contributed by atoms with Crippen LogP contribution in [0.5, 0.6) is 0 Å². The fraction of sp³-hybridized carbons (Fsp3) is 0. The minimum Gasteiger partial charge on any atom is -0.210 e. The molecule has 0 fully saturated rings. The van der Waals surface area contributed by atoms with E-state index in [1.807, 2.05) is 0 Å². The molecule has 0 saturated heterocycles. The molecule has 0 bridgehead atoms. The maximum absolute atomic E-state index is 3.77. The highest BCUT2D eigenvalue weighted by molar-refractivity contribution is 5.62. The molecule has 0 aromatic carbocycles. The summed E-state index contributed by atoms with van der Waals surface area (Å²) in [5.74, 6) is 0.829. The fourth-order valence-corrected chi connectivity index (χ4v) is 0.579. The third-order valence-electron chi connectivity index (χ3n) is 0.968. The molecule has 0 spiro atoms. The number of hydrogen-bond donors (Lipinski definition) is 0. The average Bonchev–Trinajstić information content (AvgIpc) is 2.59. The summed E-state index contributed by atoms with van der Waals surface area (Å²) < 4.78 is 0. The van der Waals surface area contributed by atoms with Crippen molar-refractivity contribution in [2.45, 2.75) is 0 Å². The van der Waals surface area contributed by atoms with Gasteiger partial charge in [-0.25, -0.2) is 9.98 Å². The van der Waals surface area contributed by atoms with Crippen LogP contribution in [0.1, 0.15) is 0 Å². The zero-order valence-electron chi connectivity index (χ0n) is 4.84. The first-order chi connectivity index (χ1) is 4.97. The van der Waals surface area contributed by atoms with Crippen molar-refractivity contribution in [2.75, 3.05) is 0 Å². The van der Waals surface area contributed by atoms with Gasteiger partial charge in [-0.3, -0.25) is 0 Å². The SMILES string of the molecule is C1=N/C(=C2/N=CN=N2)N=N1. The van der Waals surface area contributed by atoms with Crippen LogP contribution in [0.3, 0.4) is 0 Å². The van der Waals surface area contributed by atoms with Gasteiger partial charge in [0.1, 0.15) is 12.7 Å². The number of rotatable bonds is 0. The van der Waals surface area contributed by atoms with Crippen molar-refractivity contribution < 1.29 is 0 Å². The van der Waals surface area contributed by atoms with Gasteiger partial charge in [0.25, 0.3) is 0 Å². The zero-order valence-corrected chi connectivity index (χ0v) is 4.84. The van der Waals surface area contributed by atoms with Crippen molar-refractivity contribution in [3.8, 4) is 0 Å². The molecule has 2 aliphatic heterocycles. The predicted molar refractivity (Wildman–Crippen MR) is 33.7 cm³/mol. The number of aliphatic imine (C=N–C) groups is 2. The molecule has 0 saturated carbocycles. The van der Waals surface area contributed by atoms with Gasteiger partial charge in [0, 0.05) is 0 Å². The summed E-state index contributed by atoms with van der Waals surface area (Å²) in [5, 5.41) is 14.3. The second-order valence-corrected chi connectivity index (χ2v) is 1.57. The standard InChI is InChI=1S/C4H2N6/c1-5-3(9-7-1)4-6-2-8-10-4/h1-2H/b4-3+. The lowest BCUT2D eigenvalue weighted by Gasteiger charge is -1.83. The Balaban J connectivity index is 2.46. The van der Waals surface area contributed by atoms with Crippen LogP contribution in [0.4, 0.5) is 0 Å². The Labute approximate surface area is 55.8 Å². The number of nitrogens with zero attached hydrogens (tertiary/aromatic N) is 6. The van der Waals surface area contributed by atoms with Gasteiger partial charge in [-0.15, -0.1) is 20.5 Å². The second-order valence-electron chi connectivity index (χ2n) is 1.57. The Hall–Kier alpha value is -1.72. The molecule has 0 aromatic rings. The largest absolute Gasteiger partial charge is 0.223 e. The molecule has 0 amide bonds. The van der Waals surface area contributed by atoms with E-state index in [-0.39, 0.29) is 0 Å². The Kier molecular flexibility index (Phi) is 0.970. The molecule has 0 aromatic heterocycles. The van der Waals surface area contributed by atoms with E-state index in [9.17, 15) is 0 Å². The first-order valence-electron chi connectivity index (χ1n) is 2.58. The van der Waals surface area contributed by atoms with Crippen molar-refractivity contribution in [3.63, 3.8) is 0 Å². The minimum absolute atomic E-state index is 0.414. The molecular weight excluding hydrogens is 132 g/mol. The van der Waals surface area contributed by atoms with Gasteiger partial charge in [0.15, 0.2) is 0 Å². The van der Waals surface area contributed by atoms with Crippen LogP contribution in [-0.4, -0.2) is 12.7 Å². The highest BCUT2D eigenvalue weighted by Gasteiger charge is 2.07. The molecule has 10 heavy (non-hydrogen) atoms. The predicted octanol–water partition coefficient (Wildman–Crippen LogP) is 1.10. The van der Waals surface area contributed by atoms with Crippen molar-refractivity contribution >= 4 is 12.7 Å². The second kappa shape index (κ2) is 1.90. The molecule has 2 rings (SSSR count). The van der Waals surface area contributed by atoms with Crippen molar-refractivity contribution in [2.24, 2.45) is 30.4 Å². The highest BCUT2D eigenvalue weighted by Crippen LogP contribution is 2.16. The molecule has 0 radical (unpaired) electrons. The zero-order chi connectivity index (χ0) is 6.81. The van der Waals surface area contributed by atoms with E-state index in [0.29, 0.717) is 11.6 Å². The first-order valence-corrected chi connectivity index (χ1v) is 2.58. The summed E-state index contributed by atoms with van der Waals surface area (Å²) in [6.45, 7) is 0. The molecule has 48 valence electrons. The summed E-state index contributed by atoms with van der Waals surface area (Å²) in [4.78, 5) is 7.54. The Morgan fingerprint density at radius 2 is 1.30 bits per heavy atom. The van der Waals surface area contributed by atoms with E-state index in [0.717, 1.165) is 0 Å². The van der Waals surface area contributed by atoms with Gasteiger partial charge in [-0.1, -0.05) is 0 Å². The third-order valence-corrected chi connectivity index (χ3v) is 0.968. The maximum atomic E-state index is 3.77. The topological polar surface area (TPSA) is 74.2 Å². The van der Waals surface area contributed by atoms with E-state index >= 15 is 0 Å². The van der Waals surface area contributed by atoms with Crippen LogP contribution in [0.25, 0.3) is 0 Å². The summed E-state index contributed by atoms with van der Waals surface area (Å²) in [5.41, 5.74) is 0. The molecule has 0 unspecified atom stereocenters. The molecule has 6 heteroatoms. The quantitative estimate of drug-likeness (QED) is 0.475. The van der Waals surface area contributed by atoms with E-state index in [1.54, 1.807) is 0 Å². The van der Waals surface area contributed by atoms with Crippen LogP contribution < -0.4 is 0 Å². The van der Waals surface area contributed by atoms with E-state index in [4.69, 9.17) is 0 Å². The van der Waals surface area contributed by atoms with Crippen LogP contribution in [0, 0.1) is 0 Å². The lowest BCUT2D eigenvalue weighted by molar-refractivity contribution is 1.07. The minimum atomic E-state index is 0.414. The number of azo groups is 2. The lowest BCUT2D eigenvalue weighted by Crippen LogP contribution is -1.72. The molecule has 0 aliphatic carbocycles. The van der Waals surface area contributed by atoms with Crippen molar-refractivity contribution in [1.82, 2.24) is 0 Å². The van der Waals surface area contributed by atoms with E-state index in [1.165, 1.54) is 12.7 Å². The van der Waals surface area contributed by atoms with Gasteiger partial charge in [-0.05, 0) is 0 Å². The van der Waals surface area contributed by atoms with Crippen LogP contribution in [-0.2, 0) is 0 Å². The molecular formula is C4H2N6. The van der Waals surface area contributed by atoms with Gasteiger partial charge < -0.3 is 0 Å². The number of hydrogen-bond acceptors (Lipinski definition) is 6. The van der Waals surface area contributed by atoms with Gasteiger partial charge in [0.05, 0.1) is 0 Å². The molecule has 2 heterocycles. The Morgan fingerprint density at radius 1 is 0.800 bits per heavy atom. The summed E-state index contributed by atoms with van der Waals surface area (Å²) in [6.07, 6.45) is 2.68. The molecule has 2 aliphatic rings. The highest BCUT2D eigenvalue weighted by atomic mass is 15.3. The van der Waals surface area contributed by atoms with Gasteiger partial charge in [0.2, 0.25) is 11.6 Å². The van der Waals surface area contributed by atoms with Crippen LogP contribution in [0.15, 0.2) is 42.1 Å². The monoisotopic (exact) mass is 134 g/mol. The van der Waals surface area contributed by atoms with E-state index in [2.05, 4.69) is 30.4 Å². The summed E-state index contributed by atoms with van der Waals surface area (Å²) in [7, 11) is 0. The smallest absolute Gasteiger partial charge is 0.210 e.